The molecule has 0 radical (unpaired) electrons. The van der Waals surface area contributed by atoms with Gasteiger partial charge in [0.25, 0.3) is 0 Å². The number of carbonyl (C=O) groups excluding carboxylic acids is 2. The topological polar surface area (TPSA) is 93.1 Å². The van der Waals surface area contributed by atoms with E-state index in [1.807, 2.05) is 13.8 Å². The van der Waals surface area contributed by atoms with Gasteiger partial charge in [-0.05, 0) is 53.4 Å². The molecule has 2 unspecified atom stereocenters. The number of ketones is 2. The number of hydrogen-bond acceptors (Lipinski definition) is 6. The fourth-order valence-electron chi connectivity index (χ4n) is 3.76. The van der Waals surface area contributed by atoms with Gasteiger partial charge in [-0.3, -0.25) is 9.59 Å². The summed E-state index contributed by atoms with van der Waals surface area (Å²) in [5.41, 5.74) is -4.13. The molecule has 0 aromatic carbocycles. The SMILES string of the molecule is CCCCC1=C(OC(C)C)C(O)(C2(O)C(=O)C(CCCC)=C2OC(C)C)C1=O. The molecule has 0 bridgehead atoms. The molecule has 6 heteroatoms. The lowest BCUT2D eigenvalue weighted by Crippen LogP contribution is -2.75. The fraction of sp³-hybridized carbons (Fsp3) is 0.727. The Morgan fingerprint density at radius 2 is 1.07 bits per heavy atom. The molecule has 2 atom stereocenters. The average molecular weight is 395 g/mol. The van der Waals surface area contributed by atoms with Crippen molar-refractivity contribution in [1.29, 1.82) is 0 Å². The standard InChI is InChI=1S/C22H34O6/c1-7-9-11-15-17(23)21(25,19(15)27-13(3)4)22(26)18(24)16(12-10-8-2)20(22)28-14(5)6/h13-14,25-26H,7-12H2,1-6H3. The zero-order valence-electron chi connectivity index (χ0n) is 17.9. The second kappa shape index (κ2) is 8.37. The molecule has 0 saturated carbocycles. The molecule has 0 saturated heterocycles. The van der Waals surface area contributed by atoms with Crippen LogP contribution in [-0.2, 0) is 19.1 Å². The van der Waals surface area contributed by atoms with Crippen LogP contribution in [0.2, 0.25) is 0 Å². The second-order valence-electron chi connectivity index (χ2n) is 8.23. The van der Waals surface area contributed by atoms with Crippen LogP contribution in [0, 0.1) is 0 Å². The third-order valence-electron chi connectivity index (χ3n) is 5.20. The predicted molar refractivity (Wildman–Crippen MR) is 105 cm³/mol. The Kier molecular flexibility index (Phi) is 6.77. The number of Topliss-reactive ketones (excluding diaryl/α,β-unsaturated/α-hetero) is 2. The van der Waals surface area contributed by atoms with Crippen molar-refractivity contribution in [3.8, 4) is 0 Å². The van der Waals surface area contributed by atoms with Gasteiger partial charge in [-0.2, -0.15) is 0 Å². The molecule has 6 nitrogen and oxygen atoms in total. The summed E-state index contributed by atoms with van der Waals surface area (Å²) < 4.78 is 11.5. The van der Waals surface area contributed by atoms with Gasteiger partial charge in [-0.1, -0.05) is 26.7 Å². The van der Waals surface area contributed by atoms with E-state index in [-0.39, 0.29) is 23.7 Å². The van der Waals surface area contributed by atoms with Crippen LogP contribution in [0.1, 0.15) is 80.1 Å². The lowest BCUT2D eigenvalue weighted by Gasteiger charge is -2.53. The van der Waals surface area contributed by atoms with Crippen LogP contribution in [0.4, 0.5) is 0 Å². The zero-order valence-corrected chi connectivity index (χ0v) is 17.9. The molecule has 0 heterocycles. The van der Waals surface area contributed by atoms with Gasteiger partial charge < -0.3 is 19.7 Å². The molecule has 0 aliphatic heterocycles. The minimum Gasteiger partial charge on any atom is -0.491 e. The maximum atomic E-state index is 12.9. The van der Waals surface area contributed by atoms with E-state index >= 15 is 0 Å². The molecule has 158 valence electrons. The highest BCUT2D eigenvalue weighted by Crippen LogP contribution is 2.55. The zero-order chi connectivity index (χ0) is 21.3. The first-order valence-electron chi connectivity index (χ1n) is 10.4. The summed E-state index contributed by atoms with van der Waals surface area (Å²) in [7, 11) is 0. The van der Waals surface area contributed by atoms with Crippen LogP contribution < -0.4 is 0 Å². The second-order valence-corrected chi connectivity index (χ2v) is 8.23. The van der Waals surface area contributed by atoms with Gasteiger partial charge in [-0.25, -0.2) is 0 Å². The number of hydrogen-bond donors (Lipinski definition) is 2. The highest BCUT2D eigenvalue weighted by atomic mass is 16.5. The van der Waals surface area contributed by atoms with Gasteiger partial charge in [0.15, 0.2) is 0 Å². The summed E-state index contributed by atoms with van der Waals surface area (Å²) in [5, 5.41) is 22.6. The van der Waals surface area contributed by atoms with E-state index in [9.17, 15) is 19.8 Å². The molecule has 28 heavy (non-hydrogen) atoms. The normalized spacial score (nSPS) is 27.5. The maximum Gasteiger partial charge on any atom is 0.229 e. The van der Waals surface area contributed by atoms with Gasteiger partial charge in [0.05, 0.1) is 12.2 Å². The maximum absolute atomic E-state index is 12.9. The van der Waals surface area contributed by atoms with Crippen molar-refractivity contribution in [3.05, 3.63) is 22.7 Å². The van der Waals surface area contributed by atoms with Crippen LogP contribution in [0.3, 0.4) is 0 Å². The lowest BCUT2D eigenvalue weighted by molar-refractivity contribution is -0.195. The molecular formula is C22H34O6. The van der Waals surface area contributed by atoms with Gasteiger partial charge in [0, 0.05) is 11.1 Å². The summed E-state index contributed by atoms with van der Waals surface area (Å²) in [6.45, 7) is 11.1. The number of carbonyl (C=O) groups is 2. The van der Waals surface area contributed by atoms with E-state index in [0.29, 0.717) is 24.0 Å². The predicted octanol–water partition coefficient (Wildman–Crippen LogP) is 3.35. The third kappa shape index (κ3) is 3.30. The Labute approximate surface area is 167 Å². The molecule has 2 aliphatic rings. The first-order chi connectivity index (χ1) is 13.1. The molecule has 0 spiro atoms. The van der Waals surface area contributed by atoms with Crippen LogP contribution >= 0.6 is 0 Å². The minimum absolute atomic E-state index is 0.0104. The molecule has 2 aliphatic carbocycles. The van der Waals surface area contributed by atoms with Gasteiger partial charge in [-0.15, -0.1) is 0 Å². The number of rotatable bonds is 11. The summed E-state index contributed by atoms with van der Waals surface area (Å²) in [6, 6.07) is 0. The van der Waals surface area contributed by atoms with Crippen LogP contribution in [0.25, 0.3) is 0 Å². The largest absolute Gasteiger partial charge is 0.491 e. The van der Waals surface area contributed by atoms with E-state index in [0.717, 1.165) is 25.7 Å². The van der Waals surface area contributed by atoms with E-state index in [1.165, 1.54) is 0 Å². The molecule has 0 aromatic heterocycles. The average Bonchev–Trinajstić information content (AvgIpc) is 2.64. The van der Waals surface area contributed by atoms with Crippen molar-refractivity contribution >= 4 is 11.6 Å². The Balaban J connectivity index is 2.52. The fourth-order valence-corrected chi connectivity index (χ4v) is 3.76. The molecule has 2 N–H and O–H groups in total. The number of ether oxygens (including phenoxy) is 2. The highest BCUT2D eigenvalue weighted by Gasteiger charge is 2.76. The number of aliphatic hydroxyl groups is 2. The quantitative estimate of drug-likeness (QED) is 0.558. The molecule has 2 rings (SSSR count). The highest BCUT2D eigenvalue weighted by molar-refractivity contribution is 6.23. The van der Waals surface area contributed by atoms with Crippen molar-refractivity contribution in [2.75, 3.05) is 0 Å². The Morgan fingerprint density at radius 3 is 1.32 bits per heavy atom. The van der Waals surface area contributed by atoms with Gasteiger partial charge >= 0.3 is 0 Å². The monoisotopic (exact) mass is 394 g/mol. The van der Waals surface area contributed by atoms with E-state index in [1.54, 1.807) is 27.7 Å². The molecule has 0 fully saturated rings. The van der Waals surface area contributed by atoms with Crippen LogP contribution in [0.15, 0.2) is 22.7 Å². The minimum atomic E-state index is -2.42. The summed E-state index contributed by atoms with van der Waals surface area (Å²) in [5.74, 6) is -1.27. The first-order valence-corrected chi connectivity index (χ1v) is 10.4. The molecule has 0 aromatic rings. The molecular weight excluding hydrogens is 360 g/mol. The van der Waals surface area contributed by atoms with Crippen molar-refractivity contribution < 1.29 is 29.3 Å². The van der Waals surface area contributed by atoms with Crippen molar-refractivity contribution in [1.82, 2.24) is 0 Å². The lowest BCUT2D eigenvalue weighted by atomic mass is 9.57. The van der Waals surface area contributed by atoms with E-state index in [4.69, 9.17) is 9.47 Å². The van der Waals surface area contributed by atoms with Crippen LogP contribution in [0.5, 0.6) is 0 Å². The Morgan fingerprint density at radius 1 is 0.750 bits per heavy atom. The first kappa shape index (κ1) is 22.6. The summed E-state index contributed by atoms with van der Waals surface area (Å²) >= 11 is 0. The van der Waals surface area contributed by atoms with Crippen molar-refractivity contribution in [2.45, 2.75) is 103 Å². The third-order valence-corrected chi connectivity index (χ3v) is 5.20. The van der Waals surface area contributed by atoms with Gasteiger partial charge in [0.2, 0.25) is 22.8 Å². The molecule has 0 amide bonds. The summed E-state index contributed by atoms with van der Waals surface area (Å²) in [6.07, 6.45) is 3.49. The van der Waals surface area contributed by atoms with Crippen molar-refractivity contribution in [3.63, 3.8) is 0 Å². The van der Waals surface area contributed by atoms with E-state index in [2.05, 4.69) is 0 Å². The van der Waals surface area contributed by atoms with Crippen LogP contribution in [-0.4, -0.2) is 45.2 Å². The summed E-state index contributed by atoms with van der Waals surface area (Å²) in [4.78, 5) is 25.9. The Hall–Kier alpha value is -1.66. The van der Waals surface area contributed by atoms with E-state index < -0.39 is 22.8 Å². The smallest absolute Gasteiger partial charge is 0.229 e. The number of unbranched alkanes of at least 4 members (excludes halogenated alkanes) is 2. The van der Waals surface area contributed by atoms with Gasteiger partial charge in [0.1, 0.15) is 11.5 Å². The Bertz CT molecular complexity index is 642. The van der Waals surface area contributed by atoms with Crippen molar-refractivity contribution in [2.24, 2.45) is 0 Å².